The number of nitrogens with zero attached hydrogens (tertiary/aromatic N) is 2. The summed E-state index contributed by atoms with van der Waals surface area (Å²) in [4.78, 5) is 5.40. The van der Waals surface area contributed by atoms with Crippen molar-refractivity contribution in [3.8, 4) is 28.2 Å². The van der Waals surface area contributed by atoms with Gasteiger partial charge in [0.2, 0.25) is 0 Å². The van der Waals surface area contributed by atoms with Crippen molar-refractivity contribution in [3.05, 3.63) is 144 Å². The zero-order valence-electron chi connectivity index (χ0n) is 34.7. The molecule has 3 nitrogen and oxygen atoms in total. The molecule has 0 amide bonds. The van der Waals surface area contributed by atoms with E-state index < -0.39 is 5.89 Å². The third-order valence-electron chi connectivity index (χ3n) is 12.7. The van der Waals surface area contributed by atoms with Gasteiger partial charge in [0.15, 0.2) is 0 Å². The van der Waals surface area contributed by atoms with Gasteiger partial charge >= 0.3 is 0 Å². The second kappa shape index (κ2) is 13.4. The molecule has 1 aliphatic rings. The quantitative estimate of drug-likeness (QED) is 0.159. The van der Waals surface area contributed by atoms with E-state index in [1.165, 1.54) is 28.3 Å². The van der Waals surface area contributed by atoms with Crippen molar-refractivity contribution in [2.45, 2.75) is 85.0 Å². The van der Waals surface area contributed by atoms with Crippen molar-refractivity contribution in [3.63, 3.8) is 0 Å². The van der Waals surface area contributed by atoms with Gasteiger partial charge in [-0.3, -0.25) is 4.57 Å². The second-order valence-corrected chi connectivity index (χ2v) is 17.6. The van der Waals surface area contributed by atoms with Crippen LogP contribution in [0.5, 0.6) is 0 Å². The van der Waals surface area contributed by atoms with E-state index in [9.17, 15) is 5.76 Å². The molecule has 0 radical (unpaired) electrons. The molecule has 9 aromatic rings. The van der Waals surface area contributed by atoms with Crippen LogP contribution in [0.4, 0.5) is 4.39 Å². The molecule has 0 spiro atoms. The summed E-state index contributed by atoms with van der Waals surface area (Å²) in [5.74, 6) is 0.454. The maximum absolute atomic E-state index is 14.7. The van der Waals surface area contributed by atoms with E-state index in [1.807, 2.05) is 18.2 Å². The van der Waals surface area contributed by atoms with Crippen LogP contribution in [0.3, 0.4) is 0 Å². The SMILES string of the molecule is [2H]C1(c2ccc(-c3cc(C(C)C)c(-n4c(-c5cccc6c5oc5c7ccc(F)cc7c7ccccc7c65)nc5ccccc54)c(C(C)C)c3)cc2)CCC(C)(C)CC1. The van der Waals surface area contributed by atoms with E-state index in [0.717, 1.165) is 103 Å². The maximum Gasteiger partial charge on any atom is 0.149 e. The van der Waals surface area contributed by atoms with E-state index in [0.29, 0.717) is 5.41 Å². The molecule has 4 heteroatoms. The fourth-order valence-electron chi connectivity index (χ4n) is 9.46. The first-order valence-corrected chi connectivity index (χ1v) is 20.6. The van der Waals surface area contributed by atoms with Crippen LogP contribution < -0.4 is 0 Å². The van der Waals surface area contributed by atoms with E-state index in [1.54, 1.807) is 6.07 Å². The molecule has 7 aromatic carbocycles. The molecule has 1 fully saturated rings. The number of fused-ring (bicyclic) bond motifs is 9. The lowest BCUT2D eigenvalue weighted by Crippen LogP contribution is -2.20. The number of para-hydroxylation sites is 3. The van der Waals surface area contributed by atoms with Gasteiger partial charge in [-0.1, -0.05) is 114 Å². The monoisotopic (exact) mass is 749 g/mol. The van der Waals surface area contributed by atoms with Gasteiger partial charge in [0.05, 0.1) is 22.3 Å². The van der Waals surface area contributed by atoms with Gasteiger partial charge in [0, 0.05) is 17.5 Å². The van der Waals surface area contributed by atoms with Gasteiger partial charge in [0.1, 0.15) is 22.8 Å². The summed E-state index contributed by atoms with van der Waals surface area (Å²) in [6.45, 7) is 13.8. The van der Waals surface area contributed by atoms with Crippen LogP contribution in [0.15, 0.2) is 126 Å². The van der Waals surface area contributed by atoms with E-state index >= 15 is 0 Å². The minimum absolute atomic E-state index is 0.211. The minimum Gasteiger partial charge on any atom is -0.455 e. The fourth-order valence-corrected chi connectivity index (χ4v) is 9.46. The largest absolute Gasteiger partial charge is 0.455 e. The van der Waals surface area contributed by atoms with E-state index in [-0.39, 0.29) is 17.7 Å². The van der Waals surface area contributed by atoms with Crippen LogP contribution in [-0.2, 0) is 0 Å². The Labute approximate surface area is 335 Å². The summed E-state index contributed by atoms with van der Waals surface area (Å²) in [7, 11) is 0. The third-order valence-corrected chi connectivity index (χ3v) is 12.7. The lowest BCUT2D eigenvalue weighted by atomic mass is 9.71. The fraction of sp³-hybridized carbons (Fsp3) is 0.264. The molecule has 10 rings (SSSR count). The molecule has 0 N–H and O–H groups in total. The Morgan fingerprint density at radius 3 is 2.07 bits per heavy atom. The maximum atomic E-state index is 14.7. The average molecular weight is 750 g/mol. The molecule has 2 aromatic heterocycles. The Morgan fingerprint density at radius 2 is 1.35 bits per heavy atom. The highest BCUT2D eigenvalue weighted by atomic mass is 19.1. The minimum atomic E-state index is -0.524. The van der Waals surface area contributed by atoms with Crippen LogP contribution in [0.25, 0.3) is 82.7 Å². The molecule has 1 saturated carbocycles. The second-order valence-electron chi connectivity index (χ2n) is 17.6. The van der Waals surface area contributed by atoms with Crippen LogP contribution in [0, 0.1) is 11.2 Å². The Morgan fingerprint density at radius 1 is 0.684 bits per heavy atom. The highest BCUT2D eigenvalue weighted by Gasteiger charge is 2.29. The number of imidazole rings is 1. The van der Waals surface area contributed by atoms with Crippen molar-refractivity contribution in [2.75, 3.05) is 0 Å². The summed E-state index contributed by atoms with van der Waals surface area (Å²) in [5.41, 5.74) is 11.8. The third kappa shape index (κ3) is 5.87. The number of halogens is 1. The van der Waals surface area contributed by atoms with Crippen LogP contribution in [0.2, 0.25) is 0 Å². The zero-order valence-corrected chi connectivity index (χ0v) is 33.7. The molecule has 1 aliphatic carbocycles. The van der Waals surface area contributed by atoms with Crippen LogP contribution >= 0.6 is 0 Å². The van der Waals surface area contributed by atoms with E-state index in [4.69, 9.17) is 9.40 Å². The molecule has 0 bridgehead atoms. The summed E-state index contributed by atoms with van der Waals surface area (Å²) < 4.78 is 33.5. The number of hydrogen-bond acceptors (Lipinski definition) is 2. The van der Waals surface area contributed by atoms with Gasteiger partial charge < -0.3 is 4.42 Å². The standard InChI is InChI=1S/C53H49FN2O/c1-31(2)43-28-36(34-20-18-33(19-21-34)35-24-26-53(5,6)27-25-35)29-44(32(3)4)49(43)56-47-17-10-9-16-46(47)55-52(56)42-15-11-14-41-48-39-13-8-7-12-38(39)45-30-37(54)22-23-40(45)51(48)57-50(41)42/h7-23,28-32,35H,24-27H2,1-6H3/i35D. The highest BCUT2D eigenvalue weighted by molar-refractivity contribution is 6.31. The van der Waals surface area contributed by atoms with Crippen LogP contribution in [0.1, 0.15) is 103 Å². The Balaban J connectivity index is 1.19. The van der Waals surface area contributed by atoms with Crippen molar-refractivity contribution in [1.82, 2.24) is 9.55 Å². The molecule has 0 atom stereocenters. The predicted octanol–water partition coefficient (Wildman–Crippen LogP) is 15.6. The predicted molar refractivity (Wildman–Crippen MR) is 237 cm³/mol. The summed E-state index contributed by atoms with van der Waals surface area (Å²) in [5, 5.41) is 5.80. The normalized spacial score (nSPS) is 15.8. The van der Waals surface area contributed by atoms with Gasteiger partial charge in [-0.2, -0.15) is 0 Å². The number of furan rings is 1. The van der Waals surface area contributed by atoms with Gasteiger partial charge in [-0.05, 0) is 141 Å². The van der Waals surface area contributed by atoms with Crippen molar-refractivity contribution < 1.29 is 10.2 Å². The molecule has 0 unspecified atom stereocenters. The number of rotatable bonds is 6. The Bertz CT molecular complexity index is 3040. The first-order chi connectivity index (χ1) is 27.9. The van der Waals surface area contributed by atoms with Gasteiger partial charge in [-0.15, -0.1) is 0 Å². The lowest BCUT2D eigenvalue weighted by Gasteiger charge is -2.34. The molecular formula is C53H49FN2O. The van der Waals surface area contributed by atoms with E-state index in [2.05, 4.69) is 137 Å². The first kappa shape index (κ1) is 34.5. The summed E-state index contributed by atoms with van der Waals surface area (Å²) >= 11 is 0. The van der Waals surface area contributed by atoms with Crippen molar-refractivity contribution in [2.24, 2.45) is 5.41 Å². The van der Waals surface area contributed by atoms with Crippen LogP contribution in [-0.4, -0.2) is 9.55 Å². The van der Waals surface area contributed by atoms with Gasteiger partial charge in [0.25, 0.3) is 0 Å². The molecule has 0 saturated heterocycles. The summed E-state index contributed by atoms with van der Waals surface area (Å²) in [6, 6.07) is 41.6. The van der Waals surface area contributed by atoms with Crippen molar-refractivity contribution >= 4 is 54.5 Å². The topological polar surface area (TPSA) is 31.0 Å². The molecule has 2 heterocycles. The highest BCUT2D eigenvalue weighted by Crippen LogP contribution is 2.47. The lowest BCUT2D eigenvalue weighted by molar-refractivity contribution is 0.224. The Hall–Kier alpha value is -5.74. The average Bonchev–Trinajstić information content (AvgIpc) is 3.81. The smallest absolute Gasteiger partial charge is 0.149 e. The molecule has 284 valence electrons. The van der Waals surface area contributed by atoms with Gasteiger partial charge in [-0.25, -0.2) is 9.37 Å². The first-order valence-electron chi connectivity index (χ1n) is 21.1. The molecule has 0 aliphatic heterocycles. The zero-order chi connectivity index (χ0) is 40.1. The number of aromatic nitrogens is 2. The van der Waals surface area contributed by atoms with Crippen molar-refractivity contribution in [1.29, 1.82) is 0 Å². The molecular weight excluding hydrogens is 700 g/mol. The number of benzene rings is 7. The summed E-state index contributed by atoms with van der Waals surface area (Å²) in [6.07, 6.45) is 3.97. The Kier molecular flexibility index (Phi) is 8.14. The number of hydrogen-bond donors (Lipinski definition) is 0. The molecule has 57 heavy (non-hydrogen) atoms.